The normalized spacial score (nSPS) is 10.0. The molecule has 1 heterocycles. The van der Waals surface area contributed by atoms with E-state index < -0.39 is 15.8 Å². The molecule has 0 saturated carbocycles. The molecule has 0 aliphatic rings. The lowest BCUT2D eigenvalue weighted by Crippen LogP contribution is -2.20. The van der Waals surface area contributed by atoms with Crippen molar-refractivity contribution in [1.82, 2.24) is 9.78 Å². The third-order valence-corrected chi connectivity index (χ3v) is 3.18. The second-order valence-corrected chi connectivity index (χ2v) is 4.68. The summed E-state index contributed by atoms with van der Waals surface area (Å²) in [5.74, 6) is -0.582. The fraction of sp³-hybridized carbons (Fsp3) is 0.154. The molecule has 0 fully saturated rings. The van der Waals surface area contributed by atoms with E-state index in [1.54, 1.807) is 6.07 Å². The maximum atomic E-state index is 12.0. The number of hydrogen-bond acceptors (Lipinski definition) is 7. The van der Waals surface area contributed by atoms with Gasteiger partial charge in [-0.25, -0.2) is 0 Å². The number of aromatic nitrogens is 2. The largest absolute Gasteiger partial charge is 0.323 e. The number of hydrogen-bond donors (Lipinski definition) is 1. The number of carbonyl (C=O) groups is 1. The zero-order chi connectivity index (χ0) is 17.9. The minimum Gasteiger partial charge on any atom is -0.323 e. The van der Waals surface area contributed by atoms with E-state index >= 15 is 0 Å². The molecule has 2 rings (SSSR count). The third-order valence-electron chi connectivity index (χ3n) is 3.18. The molecule has 0 aliphatic heterocycles. The van der Waals surface area contributed by atoms with Gasteiger partial charge in [0.2, 0.25) is 5.91 Å². The van der Waals surface area contributed by atoms with Gasteiger partial charge in [-0.05, 0) is 13.0 Å². The highest BCUT2D eigenvalue weighted by molar-refractivity contribution is 5.92. The van der Waals surface area contributed by atoms with Crippen molar-refractivity contribution in [3.63, 3.8) is 0 Å². The number of carbonyl (C=O) groups excluding carboxylic acids is 1. The highest BCUT2D eigenvalue weighted by Gasteiger charge is 2.18. The Morgan fingerprint density at radius 3 is 2.62 bits per heavy atom. The van der Waals surface area contributed by atoms with Gasteiger partial charge in [-0.2, -0.15) is 10.4 Å². The summed E-state index contributed by atoms with van der Waals surface area (Å²) >= 11 is 0. The van der Waals surface area contributed by atoms with Crippen LogP contribution in [0.4, 0.5) is 17.1 Å². The Labute approximate surface area is 134 Å². The van der Waals surface area contributed by atoms with Crippen molar-refractivity contribution in [1.29, 1.82) is 5.26 Å². The van der Waals surface area contributed by atoms with Gasteiger partial charge in [0, 0.05) is 12.1 Å². The molecule has 0 saturated heterocycles. The number of anilines is 1. The SMILES string of the molecule is Cc1c([N+](=O)[O-])cnn1CC(=O)Nc1ccc([N+](=O)[O-])cc1C#N. The Bertz CT molecular complexity index is 881. The highest BCUT2D eigenvalue weighted by Crippen LogP contribution is 2.22. The van der Waals surface area contributed by atoms with Crippen LogP contribution < -0.4 is 5.32 Å². The monoisotopic (exact) mass is 330 g/mol. The molecule has 11 heteroatoms. The van der Waals surface area contributed by atoms with E-state index in [-0.39, 0.29) is 34.9 Å². The minimum absolute atomic E-state index is 0.0688. The van der Waals surface area contributed by atoms with Gasteiger partial charge in [0.05, 0.1) is 21.1 Å². The minimum atomic E-state index is -0.654. The molecule has 0 aliphatic carbocycles. The fourth-order valence-electron chi connectivity index (χ4n) is 1.95. The quantitative estimate of drug-likeness (QED) is 0.642. The summed E-state index contributed by atoms with van der Waals surface area (Å²) in [4.78, 5) is 32.2. The topological polar surface area (TPSA) is 157 Å². The third kappa shape index (κ3) is 3.33. The van der Waals surface area contributed by atoms with Crippen molar-refractivity contribution in [3.05, 3.63) is 55.9 Å². The Hall–Kier alpha value is -3.81. The van der Waals surface area contributed by atoms with Crippen molar-refractivity contribution in [3.8, 4) is 6.07 Å². The van der Waals surface area contributed by atoms with E-state index in [4.69, 9.17) is 5.26 Å². The summed E-state index contributed by atoms with van der Waals surface area (Å²) in [6.45, 7) is 1.15. The van der Waals surface area contributed by atoms with Crippen molar-refractivity contribution in [2.45, 2.75) is 13.5 Å². The molecule has 0 unspecified atom stereocenters. The first kappa shape index (κ1) is 16.6. The molecule has 122 valence electrons. The smallest absolute Gasteiger partial charge is 0.309 e. The lowest BCUT2D eigenvalue weighted by molar-refractivity contribution is -0.385. The van der Waals surface area contributed by atoms with Crippen molar-refractivity contribution in [2.24, 2.45) is 0 Å². The number of benzene rings is 1. The Kier molecular flexibility index (Phi) is 4.50. The molecule has 2 aromatic rings. The zero-order valence-electron chi connectivity index (χ0n) is 12.3. The first-order valence-electron chi connectivity index (χ1n) is 6.48. The number of non-ortho nitro benzene ring substituents is 1. The van der Waals surface area contributed by atoms with Crippen LogP contribution in [0.2, 0.25) is 0 Å². The molecule has 1 amide bonds. The highest BCUT2D eigenvalue weighted by atomic mass is 16.6. The van der Waals surface area contributed by atoms with E-state index in [1.165, 1.54) is 13.0 Å². The van der Waals surface area contributed by atoms with Crippen molar-refractivity contribution in [2.75, 3.05) is 5.32 Å². The second-order valence-electron chi connectivity index (χ2n) is 4.68. The number of nitrogens with one attached hydrogen (secondary N) is 1. The average molecular weight is 330 g/mol. The van der Waals surface area contributed by atoms with Gasteiger partial charge in [0.25, 0.3) is 5.69 Å². The lowest BCUT2D eigenvalue weighted by Gasteiger charge is -2.08. The standard InChI is InChI=1S/C13H10N6O5/c1-8-12(19(23)24)6-15-17(8)7-13(20)16-11-3-2-10(18(21)22)4-9(11)5-14/h2-4,6H,7H2,1H3,(H,16,20). The molecule has 0 radical (unpaired) electrons. The predicted molar refractivity (Wildman–Crippen MR) is 80.1 cm³/mol. The van der Waals surface area contributed by atoms with E-state index in [0.717, 1.165) is 23.0 Å². The van der Waals surface area contributed by atoms with Crippen molar-refractivity contribution < 1.29 is 14.6 Å². The van der Waals surface area contributed by atoms with Gasteiger partial charge < -0.3 is 5.32 Å². The molecule has 1 aromatic carbocycles. The van der Waals surface area contributed by atoms with Crippen LogP contribution in [0.3, 0.4) is 0 Å². The Morgan fingerprint density at radius 2 is 2.08 bits per heavy atom. The predicted octanol–water partition coefficient (Wildman–Crippen LogP) is 1.52. The van der Waals surface area contributed by atoms with Crippen LogP contribution in [0.5, 0.6) is 0 Å². The summed E-state index contributed by atoms with van der Waals surface area (Å²) in [7, 11) is 0. The van der Waals surface area contributed by atoms with Gasteiger partial charge >= 0.3 is 5.69 Å². The summed E-state index contributed by atoms with van der Waals surface area (Å²) < 4.78 is 1.14. The molecule has 0 bridgehead atoms. The summed E-state index contributed by atoms with van der Waals surface area (Å²) in [6, 6.07) is 5.20. The zero-order valence-corrected chi connectivity index (χ0v) is 12.3. The molecule has 24 heavy (non-hydrogen) atoms. The Morgan fingerprint density at radius 1 is 1.38 bits per heavy atom. The van der Waals surface area contributed by atoms with E-state index in [9.17, 15) is 25.0 Å². The number of rotatable bonds is 5. The van der Waals surface area contributed by atoms with Crippen LogP contribution in [-0.2, 0) is 11.3 Å². The van der Waals surface area contributed by atoms with Gasteiger partial charge in [-0.15, -0.1) is 0 Å². The lowest BCUT2D eigenvalue weighted by atomic mass is 10.1. The van der Waals surface area contributed by atoms with Crippen LogP contribution in [-0.4, -0.2) is 25.5 Å². The van der Waals surface area contributed by atoms with Crippen LogP contribution in [0.25, 0.3) is 0 Å². The van der Waals surface area contributed by atoms with E-state index in [0.29, 0.717) is 0 Å². The summed E-state index contributed by atoms with van der Waals surface area (Å²) in [6.07, 6.45) is 1.04. The molecule has 11 nitrogen and oxygen atoms in total. The molecule has 0 atom stereocenters. The number of nitrogens with zero attached hydrogens (tertiary/aromatic N) is 5. The summed E-state index contributed by atoms with van der Waals surface area (Å²) in [5.41, 5.74) is -0.244. The summed E-state index contributed by atoms with van der Waals surface area (Å²) in [5, 5.41) is 36.6. The van der Waals surface area contributed by atoms with Crippen LogP contribution in [0.15, 0.2) is 24.4 Å². The van der Waals surface area contributed by atoms with Gasteiger partial charge in [0.15, 0.2) is 0 Å². The molecular weight excluding hydrogens is 320 g/mol. The van der Waals surface area contributed by atoms with Gasteiger partial charge in [0.1, 0.15) is 24.5 Å². The first-order valence-corrected chi connectivity index (χ1v) is 6.48. The molecule has 1 aromatic heterocycles. The second kappa shape index (κ2) is 6.53. The van der Waals surface area contributed by atoms with E-state index in [1.807, 2.05) is 0 Å². The maximum Gasteiger partial charge on any atom is 0.309 e. The number of nitriles is 1. The number of amides is 1. The number of nitro groups is 2. The average Bonchev–Trinajstić information content (AvgIpc) is 2.88. The van der Waals surface area contributed by atoms with Gasteiger partial charge in [-0.1, -0.05) is 0 Å². The fourth-order valence-corrected chi connectivity index (χ4v) is 1.95. The van der Waals surface area contributed by atoms with Crippen LogP contribution in [0, 0.1) is 38.5 Å². The molecule has 1 N–H and O–H groups in total. The molecule has 0 spiro atoms. The van der Waals surface area contributed by atoms with Crippen LogP contribution in [0.1, 0.15) is 11.3 Å². The van der Waals surface area contributed by atoms with Crippen molar-refractivity contribution >= 4 is 23.0 Å². The first-order chi connectivity index (χ1) is 11.3. The maximum absolute atomic E-state index is 12.0. The van der Waals surface area contributed by atoms with E-state index in [2.05, 4.69) is 10.4 Å². The number of nitro benzene ring substituents is 1. The van der Waals surface area contributed by atoms with Gasteiger partial charge in [-0.3, -0.25) is 29.7 Å². The Balaban J connectivity index is 2.17. The van der Waals surface area contributed by atoms with Crippen LogP contribution >= 0.6 is 0 Å². The molecular formula is C13H10N6O5.